The Morgan fingerprint density at radius 3 is 3.05 bits per heavy atom. The Bertz CT molecular complexity index is 533. The lowest BCUT2D eigenvalue weighted by Crippen LogP contribution is -2.30. The van der Waals surface area contributed by atoms with E-state index >= 15 is 0 Å². The van der Waals surface area contributed by atoms with Gasteiger partial charge in [0.05, 0.1) is 6.61 Å². The van der Waals surface area contributed by atoms with E-state index in [9.17, 15) is 0 Å². The van der Waals surface area contributed by atoms with Gasteiger partial charge in [-0.05, 0) is 42.4 Å². The lowest BCUT2D eigenvalue weighted by atomic mass is 9.98. The van der Waals surface area contributed by atoms with E-state index in [1.54, 1.807) is 0 Å². The number of fused-ring (bicyclic) bond motifs is 2. The van der Waals surface area contributed by atoms with Crippen LogP contribution >= 0.6 is 11.6 Å². The van der Waals surface area contributed by atoms with Crippen LogP contribution in [0.2, 0.25) is 5.02 Å². The van der Waals surface area contributed by atoms with Gasteiger partial charge < -0.3 is 10.5 Å². The highest BCUT2D eigenvalue weighted by Gasteiger charge is 2.41. The van der Waals surface area contributed by atoms with Gasteiger partial charge in [-0.15, -0.1) is 0 Å². The van der Waals surface area contributed by atoms with Crippen LogP contribution in [0, 0.1) is 11.8 Å². The number of halogens is 1. The van der Waals surface area contributed by atoms with Crippen molar-refractivity contribution in [2.24, 2.45) is 17.6 Å². The van der Waals surface area contributed by atoms with Crippen molar-refractivity contribution in [3.05, 3.63) is 28.3 Å². The van der Waals surface area contributed by atoms with E-state index in [0.29, 0.717) is 12.0 Å². The van der Waals surface area contributed by atoms with Crippen LogP contribution in [-0.2, 0) is 13.0 Å². The number of hydrogen-bond acceptors (Lipinski definition) is 3. The van der Waals surface area contributed by atoms with Crippen LogP contribution < -0.4 is 10.5 Å². The number of hydrogen-bond donors (Lipinski definition) is 1. The molecule has 3 atom stereocenters. The molecule has 0 aromatic heterocycles. The molecule has 108 valence electrons. The first kappa shape index (κ1) is 12.9. The molecule has 1 aromatic carbocycles. The first-order valence-electron chi connectivity index (χ1n) is 7.63. The van der Waals surface area contributed by atoms with Gasteiger partial charge in [-0.1, -0.05) is 11.6 Å². The maximum Gasteiger partial charge on any atom is 0.127 e. The van der Waals surface area contributed by atoms with E-state index in [0.717, 1.165) is 42.8 Å². The van der Waals surface area contributed by atoms with Crippen molar-refractivity contribution in [2.75, 3.05) is 19.7 Å². The van der Waals surface area contributed by atoms with Crippen molar-refractivity contribution >= 4 is 11.6 Å². The fraction of sp³-hybridized carbons (Fsp3) is 0.625. The number of likely N-dealkylation sites (tertiary alicyclic amines) is 1. The largest absolute Gasteiger partial charge is 0.493 e. The van der Waals surface area contributed by atoms with E-state index < -0.39 is 0 Å². The van der Waals surface area contributed by atoms with Crippen LogP contribution in [0.5, 0.6) is 5.75 Å². The molecule has 0 amide bonds. The minimum atomic E-state index is 0.409. The van der Waals surface area contributed by atoms with Crippen LogP contribution in [0.3, 0.4) is 0 Å². The van der Waals surface area contributed by atoms with Gasteiger partial charge in [0.1, 0.15) is 5.75 Å². The second-order valence-corrected chi connectivity index (χ2v) is 6.95. The summed E-state index contributed by atoms with van der Waals surface area (Å²) in [6.45, 7) is 4.05. The van der Waals surface area contributed by atoms with E-state index in [1.165, 1.54) is 30.5 Å². The number of benzene rings is 1. The molecule has 3 aliphatic rings. The zero-order valence-electron chi connectivity index (χ0n) is 11.6. The van der Waals surface area contributed by atoms with Crippen LogP contribution in [0.15, 0.2) is 12.1 Å². The van der Waals surface area contributed by atoms with Crippen molar-refractivity contribution in [1.82, 2.24) is 4.90 Å². The zero-order chi connectivity index (χ0) is 13.7. The Hall–Kier alpha value is -0.770. The molecule has 1 aliphatic carbocycles. The lowest BCUT2D eigenvalue weighted by Gasteiger charge is -2.20. The van der Waals surface area contributed by atoms with E-state index in [1.807, 2.05) is 6.07 Å². The molecule has 2 N–H and O–H groups in total. The van der Waals surface area contributed by atoms with Crippen molar-refractivity contribution in [3.8, 4) is 5.75 Å². The van der Waals surface area contributed by atoms with Gasteiger partial charge >= 0.3 is 0 Å². The smallest absolute Gasteiger partial charge is 0.127 e. The summed E-state index contributed by atoms with van der Waals surface area (Å²) < 4.78 is 5.80. The normalized spacial score (nSPS) is 32.2. The zero-order valence-corrected chi connectivity index (χ0v) is 12.4. The molecule has 2 fully saturated rings. The molecule has 3 unspecified atom stereocenters. The Morgan fingerprint density at radius 2 is 2.20 bits per heavy atom. The molecular weight excluding hydrogens is 272 g/mol. The highest BCUT2D eigenvalue weighted by atomic mass is 35.5. The maximum atomic E-state index is 6.24. The number of ether oxygens (including phenoxy) is 1. The summed E-state index contributed by atoms with van der Waals surface area (Å²) in [6.07, 6.45) is 3.49. The maximum absolute atomic E-state index is 6.24. The molecule has 1 saturated heterocycles. The van der Waals surface area contributed by atoms with Crippen molar-refractivity contribution < 1.29 is 4.74 Å². The average molecular weight is 293 g/mol. The van der Waals surface area contributed by atoms with Gasteiger partial charge in [0.15, 0.2) is 0 Å². The SMILES string of the molecule is NC1CCC2CN(Cc3cc(Cl)cc4c3OCC4)CC12. The van der Waals surface area contributed by atoms with Gasteiger partial charge in [0.25, 0.3) is 0 Å². The van der Waals surface area contributed by atoms with Crippen LogP contribution in [0.4, 0.5) is 0 Å². The summed E-state index contributed by atoms with van der Waals surface area (Å²) in [7, 11) is 0. The fourth-order valence-corrected chi connectivity index (χ4v) is 4.50. The molecule has 1 aromatic rings. The number of rotatable bonds is 2. The summed E-state index contributed by atoms with van der Waals surface area (Å²) in [5.74, 6) is 2.58. The Labute approximate surface area is 125 Å². The Morgan fingerprint density at radius 1 is 1.30 bits per heavy atom. The highest BCUT2D eigenvalue weighted by molar-refractivity contribution is 6.30. The summed E-state index contributed by atoms with van der Waals surface area (Å²) in [4.78, 5) is 2.53. The minimum absolute atomic E-state index is 0.409. The van der Waals surface area contributed by atoms with Gasteiger partial charge in [-0.2, -0.15) is 0 Å². The molecule has 0 spiro atoms. The standard InChI is InChI=1S/C16H21ClN2O/c17-13-5-10-3-4-20-16(10)12(6-13)8-19-7-11-1-2-15(18)14(11)9-19/h5-6,11,14-15H,1-4,7-9,18H2. The summed E-state index contributed by atoms with van der Waals surface area (Å²) >= 11 is 6.24. The molecule has 2 heterocycles. The van der Waals surface area contributed by atoms with Gasteiger partial charge in [0.2, 0.25) is 0 Å². The molecule has 0 radical (unpaired) electrons. The highest BCUT2D eigenvalue weighted by Crippen LogP contribution is 2.39. The molecule has 20 heavy (non-hydrogen) atoms. The minimum Gasteiger partial charge on any atom is -0.493 e. The predicted octanol–water partition coefficient (Wildman–Crippen LogP) is 2.44. The third-order valence-electron chi connectivity index (χ3n) is 5.21. The summed E-state index contributed by atoms with van der Waals surface area (Å²) in [5, 5.41) is 0.834. The van der Waals surface area contributed by atoms with Gasteiger partial charge in [-0.3, -0.25) is 4.90 Å². The molecule has 3 nitrogen and oxygen atoms in total. The fourth-order valence-electron chi connectivity index (χ4n) is 4.23. The van der Waals surface area contributed by atoms with E-state index in [2.05, 4.69) is 11.0 Å². The topological polar surface area (TPSA) is 38.5 Å². The van der Waals surface area contributed by atoms with Crippen LogP contribution in [0.1, 0.15) is 24.0 Å². The molecule has 2 aliphatic heterocycles. The first-order chi connectivity index (χ1) is 9.70. The second kappa shape index (κ2) is 4.90. The lowest BCUT2D eigenvalue weighted by molar-refractivity contribution is 0.288. The molecule has 4 heteroatoms. The third kappa shape index (κ3) is 2.12. The second-order valence-electron chi connectivity index (χ2n) is 6.51. The van der Waals surface area contributed by atoms with Gasteiger partial charge in [0, 0.05) is 42.7 Å². The third-order valence-corrected chi connectivity index (χ3v) is 5.43. The van der Waals surface area contributed by atoms with Crippen LogP contribution in [-0.4, -0.2) is 30.6 Å². The number of nitrogens with zero attached hydrogens (tertiary/aromatic N) is 1. The van der Waals surface area contributed by atoms with Crippen LogP contribution in [0.25, 0.3) is 0 Å². The summed E-state index contributed by atoms with van der Waals surface area (Å²) in [6, 6.07) is 4.52. The Kier molecular flexibility index (Phi) is 3.17. The van der Waals surface area contributed by atoms with E-state index in [4.69, 9.17) is 22.1 Å². The average Bonchev–Trinajstić information content (AvgIpc) is 3.07. The number of nitrogens with two attached hydrogens (primary N) is 1. The van der Waals surface area contributed by atoms with Gasteiger partial charge in [-0.25, -0.2) is 0 Å². The van der Waals surface area contributed by atoms with E-state index in [-0.39, 0.29) is 0 Å². The first-order valence-corrected chi connectivity index (χ1v) is 8.00. The van der Waals surface area contributed by atoms with Crippen molar-refractivity contribution in [2.45, 2.75) is 31.8 Å². The monoisotopic (exact) mass is 292 g/mol. The molecule has 4 rings (SSSR count). The predicted molar refractivity (Wildman–Crippen MR) is 80.1 cm³/mol. The Balaban J connectivity index is 1.53. The van der Waals surface area contributed by atoms with Crippen molar-refractivity contribution in [3.63, 3.8) is 0 Å². The summed E-state index contributed by atoms with van der Waals surface area (Å²) in [5.41, 5.74) is 8.73. The molecule has 0 bridgehead atoms. The quantitative estimate of drug-likeness (QED) is 0.910. The molecular formula is C16H21ClN2O. The molecule has 1 saturated carbocycles. The van der Waals surface area contributed by atoms with Crippen molar-refractivity contribution in [1.29, 1.82) is 0 Å².